The first-order valence-corrected chi connectivity index (χ1v) is 15.2. The molecule has 3 unspecified atom stereocenters. The molecule has 4 heteroatoms. The molecule has 2 aliphatic carbocycles. The van der Waals surface area contributed by atoms with E-state index in [0.29, 0.717) is 0 Å². The number of benzene rings is 2. The number of nitrogens with zero attached hydrogens (tertiary/aromatic N) is 1. The zero-order valence-corrected chi connectivity index (χ0v) is 24.5. The van der Waals surface area contributed by atoms with Gasteiger partial charge in [-0.05, 0) is 118 Å². The van der Waals surface area contributed by atoms with Gasteiger partial charge in [-0.25, -0.2) is 12.9 Å². The van der Waals surface area contributed by atoms with Crippen LogP contribution in [0.25, 0.3) is 0 Å². The van der Waals surface area contributed by atoms with Crippen LogP contribution < -0.4 is 0 Å². The third-order valence-corrected chi connectivity index (χ3v) is 11.1. The van der Waals surface area contributed by atoms with E-state index in [2.05, 4.69) is 57.5 Å². The molecule has 0 bridgehead atoms. The molecule has 2 aromatic rings. The van der Waals surface area contributed by atoms with Gasteiger partial charge in [-0.15, -0.1) is 6.58 Å². The number of hydrogen-bond acceptors (Lipinski definition) is 1. The van der Waals surface area contributed by atoms with Gasteiger partial charge >= 0.3 is 0 Å². The Balaban J connectivity index is 1.68. The van der Waals surface area contributed by atoms with Gasteiger partial charge in [0.1, 0.15) is 5.82 Å². The Labute approximate surface area is 229 Å². The average Bonchev–Trinajstić information content (AvgIpc) is 3.15. The number of halogens is 1. The molecular weight excluding hydrogens is 489 g/mol. The molecule has 1 saturated carbocycles. The minimum Gasteiger partial charge on any atom is -0.248 e. The number of hydrogen-bond donors (Lipinski definition) is 0. The number of rotatable bonds is 9. The van der Waals surface area contributed by atoms with Crippen molar-refractivity contribution in [1.82, 2.24) is 4.31 Å². The van der Waals surface area contributed by atoms with E-state index < -0.39 is 9.71 Å². The zero-order chi connectivity index (χ0) is 27.7. The lowest BCUT2D eigenvalue weighted by Crippen LogP contribution is -2.37. The van der Waals surface area contributed by atoms with Crippen molar-refractivity contribution in [1.29, 1.82) is 0 Å². The van der Waals surface area contributed by atoms with Gasteiger partial charge in [0.25, 0.3) is 0 Å². The highest BCUT2D eigenvalue weighted by molar-refractivity contribution is 7.98. The topological polar surface area (TPSA) is 20.3 Å². The molecule has 38 heavy (non-hydrogen) atoms. The van der Waals surface area contributed by atoms with E-state index in [1.807, 2.05) is 44.4 Å². The lowest BCUT2D eigenvalue weighted by Gasteiger charge is -2.45. The van der Waals surface area contributed by atoms with Crippen LogP contribution in [-0.4, -0.2) is 28.5 Å². The molecule has 0 spiro atoms. The van der Waals surface area contributed by atoms with Crippen molar-refractivity contribution in [3.8, 4) is 0 Å². The maximum absolute atomic E-state index is 13.5. The molecule has 0 amide bonds. The fourth-order valence-corrected chi connectivity index (χ4v) is 7.70. The van der Waals surface area contributed by atoms with Crippen LogP contribution in [0.4, 0.5) is 4.39 Å². The summed E-state index contributed by atoms with van der Waals surface area (Å²) in [4.78, 5) is 0.832. The highest BCUT2D eigenvalue weighted by atomic mass is 32.2. The number of aryl methyl sites for hydroxylation is 1. The van der Waals surface area contributed by atoms with Crippen molar-refractivity contribution < 1.29 is 8.60 Å². The summed E-state index contributed by atoms with van der Waals surface area (Å²) in [6.45, 7) is 11.1. The third kappa shape index (κ3) is 5.26. The Morgan fingerprint density at radius 3 is 2.45 bits per heavy atom. The fourth-order valence-electron chi connectivity index (χ4n) is 6.43. The molecule has 2 nitrogen and oxygen atoms in total. The van der Waals surface area contributed by atoms with Crippen LogP contribution in [0.1, 0.15) is 57.6 Å². The Morgan fingerprint density at radius 1 is 1.13 bits per heavy atom. The van der Waals surface area contributed by atoms with Crippen LogP contribution in [0.2, 0.25) is 0 Å². The van der Waals surface area contributed by atoms with Crippen LogP contribution in [0, 0.1) is 16.6 Å². The van der Waals surface area contributed by atoms with Crippen molar-refractivity contribution >= 4 is 15.6 Å². The largest absolute Gasteiger partial charge is 0.248 e. The van der Waals surface area contributed by atoms with Crippen molar-refractivity contribution in [3.63, 3.8) is 0 Å². The van der Waals surface area contributed by atoms with Gasteiger partial charge in [0.15, 0.2) is 0 Å². The zero-order valence-electron chi connectivity index (χ0n) is 23.6. The minimum absolute atomic E-state index is 0.0370. The molecule has 0 aliphatic heterocycles. The quantitative estimate of drug-likeness (QED) is 0.236. The SMILES string of the molecule is C=CC1(CCc2ccccc2S(=C)(=O)N(C)C)CCC2=CC(Cc3ccc(F)cc3)=C(C=C(C)C)CC21C. The summed E-state index contributed by atoms with van der Waals surface area (Å²) in [5, 5.41) is 0. The van der Waals surface area contributed by atoms with Gasteiger partial charge in [-0.3, -0.25) is 0 Å². The second kappa shape index (κ2) is 10.8. The molecule has 1 fully saturated rings. The van der Waals surface area contributed by atoms with E-state index in [0.717, 1.165) is 54.5 Å². The molecule has 4 rings (SSSR count). The Kier molecular flexibility index (Phi) is 8.07. The highest BCUT2D eigenvalue weighted by Crippen LogP contribution is 2.63. The molecule has 2 aliphatic rings. The normalized spacial score (nSPS) is 24.6. The third-order valence-electron chi connectivity index (χ3n) is 8.86. The van der Waals surface area contributed by atoms with Crippen LogP contribution in [0.15, 0.2) is 101 Å². The predicted octanol–water partition coefficient (Wildman–Crippen LogP) is 8.12. The van der Waals surface area contributed by atoms with Crippen LogP contribution >= 0.6 is 0 Å². The maximum Gasteiger partial charge on any atom is 0.123 e. The molecule has 2 aromatic carbocycles. The molecule has 0 N–H and O–H groups in total. The standard InChI is InChI=1S/C34H42FNOS/c1-8-34(19-17-27-11-9-10-12-32(27)38(7,37)36(5)6)20-18-30-23-28(22-26-13-15-31(35)16-14-26)29(21-25(2)3)24-33(30,34)4/h8-16,21,23H,1,7,17-20,22,24H2,2-6H3. The summed E-state index contributed by atoms with van der Waals surface area (Å²) in [6, 6.07) is 14.9. The van der Waals surface area contributed by atoms with E-state index in [-0.39, 0.29) is 16.6 Å². The lowest BCUT2D eigenvalue weighted by atomic mass is 9.58. The van der Waals surface area contributed by atoms with E-state index >= 15 is 0 Å². The van der Waals surface area contributed by atoms with Gasteiger partial charge in [0.05, 0.1) is 9.71 Å². The first-order chi connectivity index (χ1) is 17.9. The maximum atomic E-state index is 13.5. The summed E-state index contributed by atoms with van der Waals surface area (Å²) in [7, 11) is 1.13. The van der Waals surface area contributed by atoms with Crippen molar-refractivity contribution in [2.45, 2.75) is 64.2 Å². The summed E-state index contributed by atoms with van der Waals surface area (Å²) in [5.74, 6) is 3.87. The summed E-state index contributed by atoms with van der Waals surface area (Å²) < 4.78 is 28.7. The summed E-state index contributed by atoms with van der Waals surface area (Å²) in [5.41, 5.74) is 7.60. The Hall–Kier alpha value is -2.69. The second-order valence-electron chi connectivity index (χ2n) is 11.7. The smallest absolute Gasteiger partial charge is 0.123 e. The average molecular weight is 532 g/mol. The summed E-state index contributed by atoms with van der Waals surface area (Å²) in [6.07, 6.45) is 12.6. The lowest BCUT2D eigenvalue weighted by molar-refractivity contribution is 0.162. The van der Waals surface area contributed by atoms with Gasteiger partial charge in [0.2, 0.25) is 0 Å². The van der Waals surface area contributed by atoms with Crippen LogP contribution in [-0.2, 0) is 22.5 Å². The van der Waals surface area contributed by atoms with Crippen LogP contribution in [0.5, 0.6) is 0 Å². The molecular formula is C34H42FNOS. The molecule has 202 valence electrons. The highest BCUT2D eigenvalue weighted by Gasteiger charge is 2.53. The van der Waals surface area contributed by atoms with Crippen molar-refractivity contribution in [3.05, 3.63) is 113 Å². The van der Waals surface area contributed by atoms with Gasteiger partial charge in [-0.1, -0.05) is 66.6 Å². The van der Waals surface area contributed by atoms with E-state index in [9.17, 15) is 8.60 Å². The van der Waals surface area contributed by atoms with Crippen LogP contribution in [0.3, 0.4) is 0 Å². The van der Waals surface area contributed by atoms with Gasteiger partial charge in [0, 0.05) is 10.3 Å². The Morgan fingerprint density at radius 2 is 1.82 bits per heavy atom. The first-order valence-electron chi connectivity index (χ1n) is 13.5. The van der Waals surface area contributed by atoms with E-state index in [1.54, 1.807) is 16.4 Å². The monoisotopic (exact) mass is 531 g/mol. The molecule has 3 atom stereocenters. The molecule has 0 radical (unpaired) electrons. The fraction of sp³-hybridized carbons (Fsp3) is 0.382. The van der Waals surface area contributed by atoms with Gasteiger partial charge < -0.3 is 0 Å². The Bertz CT molecular complexity index is 1410. The number of allylic oxidation sites excluding steroid dienone is 7. The molecule has 0 heterocycles. The second-order valence-corrected chi connectivity index (χ2v) is 14.1. The predicted molar refractivity (Wildman–Crippen MR) is 161 cm³/mol. The van der Waals surface area contributed by atoms with Gasteiger partial charge in [-0.2, -0.15) is 0 Å². The van der Waals surface area contributed by atoms with E-state index in [4.69, 9.17) is 0 Å². The molecule has 0 saturated heterocycles. The van der Waals surface area contributed by atoms with E-state index in [1.165, 1.54) is 22.3 Å². The molecule has 0 aromatic heterocycles. The summed E-state index contributed by atoms with van der Waals surface area (Å²) >= 11 is 0. The minimum atomic E-state index is -2.52. The first kappa shape index (κ1) is 28.3. The number of fused-ring (bicyclic) bond motifs is 1. The van der Waals surface area contributed by atoms with Crippen molar-refractivity contribution in [2.24, 2.45) is 10.8 Å². The van der Waals surface area contributed by atoms with Crippen molar-refractivity contribution in [2.75, 3.05) is 14.1 Å².